The minimum atomic E-state index is -0.406. The van der Waals surface area contributed by atoms with Gasteiger partial charge in [-0.1, -0.05) is 12.1 Å². The van der Waals surface area contributed by atoms with Crippen LogP contribution in [0.3, 0.4) is 0 Å². The van der Waals surface area contributed by atoms with Crippen molar-refractivity contribution in [2.75, 3.05) is 13.7 Å². The van der Waals surface area contributed by atoms with Gasteiger partial charge in [0.25, 0.3) is 0 Å². The van der Waals surface area contributed by atoms with Crippen molar-refractivity contribution in [2.24, 2.45) is 0 Å². The highest BCUT2D eigenvalue weighted by Crippen LogP contribution is 2.29. The van der Waals surface area contributed by atoms with Gasteiger partial charge < -0.3 is 14.2 Å². The number of aromatic nitrogens is 1. The molecule has 0 aliphatic heterocycles. The van der Waals surface area contributed by atoms with E-state index in [0.29, 0.717) is 24.5 Å². The number of nitrogens with zero attached hydrogens (tertiary/aromatic N) is 1. The van der Waals surface area contributed by atoms with Gasteiger partial charge in [0.15, 0.2) is 0 Å². The van der Waals surface area contributed by atoms with Crippen LogP contribution in [0.15, 0.2) is 47.8 Å². The maximum atomic E-state index is 12.4. The first-order valence-electron chi connectivity index (χ1n) is 8.60. The predicted molar refractivity (Wildman–Crippen MR) is 106 cm³/mol. The normalized spacial score (nSPS) is 10.5. The van der Waals surface area contributed by atoms with Gasteiger partial charge in [-0.2, -0.15) is 0 Å². The summed E-state index contributed by atoms with van der Waals surface area (Å²) in [5.74, 6) is 0.866. The van der Waals surface area contributed by atoms with Gasteiger partial charge in [0, 0.05) is 10.9 Å². The number of carbonyl (C=O) groups excluding carboxylic acids is 1. The Morgan fingerprint density at radius 3 is 2.56 bits per heavy atom. The lowest BCUT2D eigenvalue weighted by Gasteiger charge is -2.12. The third kappa shape index (κ3) is 4.65. The largest absolute Gasteiger partial charge is 0.497 e. The number of hydrogen-bond acceptors (Lipinski definition) is 6. The molecule has 3 aromatic rings. The Kier molecular flexibility index (Phi) is 6.08. The molecule has 6 heteroatoms. The molecule has 0 N–H and O–H groups in total. The molecule has 0 saturated heterocycles. The van der Waals surface area contributed by atoms with Crippen molar-refractivity contribution in [3.63, 3.8) is 0 Å². The van der Waals surface area contributed by atoms with Gasteiger partial charge in [-0.25, -0.2) is 9.78 Å². The zero-order valence-electron chi connectivity index (χ0n) is 15.5. The van der Waals surface area contributed by atoms with Crippen LogP contribution in [0.4, 0.5) is 0 Å². The van der Waals surface area contributed by atoms with Crippen molar-refractivity contribution in [3.8, 4) is 22.8 Å². The molecule has 5 nitrogen and oxygen atoms in total. The number of thiazole rings is 1. The summed E-state index contributed by atoms with van der Waals surface area (Å²) in [6.45, 7) is 4.37. The van der Waals surface area contributed by atoms with Gasteiger partial charge in [-0.15, -0.1) is 11.3 Å². The number of methoxy groups -OCH3 is 1. The second-order valence-electron chi connectivity index (χ2n) is 5.82. The second kappa shape index (κ2) is 8.68. The molecule has 0 amide bonds. The van der Waals surface area contributed by atoms with Gasteiger partial charge in [0.2, 0.25) is 0 Å². The number of rotatable bonds is 7. The van der Waals surface area contributed by atoms with Crippen LogP contribution in [0.2, 0.25) is 0 Å². The highest BCUT2D eigenvalue weighted by molar-refractivity contribution is 7.09. The molecule has 140 valence electrons. The smallest absolute Gasteiger partial charge is 0.341 e. The molecule has 0 aliphatic rings. The molecule has 1 aromatic heterocycles. The van der Waals surface area contributed by atoms with Crippen molar-refractivity contribution in [1.29, 1.82) is 0 Å². The summed E-state index contributed by atoms with van der Waals surface area (Å²) in [6.07, 6.45) is 0. The molecule has 0 fully saturated rings. The molecule has 0 bridgehead atoms. The monoisotopic (exact) mass is 383 g/mol. The van der Waals surface area contributed by atoms with Gasteiger partial charge in [0.1, 0.15) is 23.7 Å². The summed E-state index contributed by atoms with van der Waals surface area (Å²) in [4.78, 5) is 16.9. The van der Waals surface area contributed by atoms with E-state index in [-0.39, 0.29) is 0 Å². The first kappa shape index (κ1) is 18.9. The minimum absolute atomic E-state index is 0.302. The summed E-state index contributed by atoms with van der Waals surface area (Å²) < 4.78 is 16.3. The van der Waals surface area contributed by atoms with Crippen LogP contribution in [-0.4, -0.2) is 24.7 Å². The topological polar surface area (TPSA) is 57.7 Å². The Morgan fingerprint density at radius 1 is 1.15 bits per heavy atom. The Hall–Kier alpha value is -2.86. The third-order valence-electron chi connectivity index (χ3n) is 3.94. The van der Waals surface area contributed by atoms with Crippen molar-refractivity contribution in [1.82, 2.24) is 4.98 Å². The molecule has 3 rings (SSSR count). The van der Waals surface area contributed by atoms with Gasteiger partial charge in [0.05, 0.1) is 24.4 Å². The Balaban J connectivity index is 1.84. The van der Waals surface area contributed by atoms with Gasteiger partial charge in [-0.05, 0) is 49.7 Å². The zero-order valence-corrected chi connectivity index (χ0v) is 16.3. The van der Waals surface area contributed by atoms with Crippen molar-refractivity contribution in [3.05, 3.63) is 64.0 Å². The maximum absolute atomic E-state index is 12.4. The summed E-state index contributed by atoms with van der Waals surface area (Å²) in [5, 5.41) is 2.94. The molecule has 27 heavy (non-hydrogen) atoms. The van der Waals surface area contributed by atoms with E-state index in [1.54, 1.807) is 37.5 Å². The van der Waals surface area contributed by atoms with E-state index in [1.807, 2.05) is 42.6 Å². The molecular formula is C21H21NO4S. The first-order valence-corrected chi connectivity index (χ1v) is 9.48. The molecule has 0 aliphatic carbocycles. The summed E-state index contributed by atoms with van der Waals surface area (Å²) >= 11 is 1.57. The fourth-order valence-electron chi connectivity index (χ4n) is 2.56. The van der Waals surface area contributed by atoms with E-state index < -0.39 is 5.97 Å². The van der Waals surface area contributed by atoms with Crippen LogP contribution < -0.4 is 9.47 Å². The average Bonchev–Trinajstić information content (AvgIpc) is 3.13. The lowest BCUT2D eigenvalue weighted by atomic mass is 10.1. The zero-order chi connectivity index (χ0) is 19.2. The van der Waals surface area contributed by atoms with E-state index in [2.05, 4.69) is 4.98 Å². The number of ether oxygens (including phenoxy) is 3. The Labute approximate surface area is 162 Å². The Morgan fingerprint density at radius 2 is 1.93 bits per heavy atom. The van der Waals surface area contributed by atoms with Crippen LogP contribution in [0, 0.1) is 6.92 Å². The molecule has 0 radical (unpaired) electrons. The highest BCUT2D eigenvalue weighted by atomic mass is 32.1. The summed E-state index contributed by atoms with van der Waals surface area (Å²) in [7, 11) is 1.63. The molecule has 1 heterocycles. The quantitative estimate of drug-likeness (QED) is 0.544. The van der Waals surface area contributed by atoms with E-state index in [0.717, 1.165) is 27.6 Å². The maximum Gasteiger partial charge on any atom is 0.341 e. The number of carbonyl (C=O) groups is 1. The molecule has 2 aromatic carbocycles. The van der Waals surface area contributed by atoms with E-state index in [1.165, 1.54) is 0 Å². The van der Waals surface area contributed by atoms with Crippen molar-refractivity contribution < 1.29 is 19.0 Å². The van der Waals surface area contributed by atoms with Crippen molar-refractivity contribution >= 4 is 17.3 Å². The van der Waals surface area contributed by atoms with Gasteiger partial charge in [-0.3, -0.25) is 0 Å². The highest BCUT2D eigenvalue weighted by Gasteiger charge is 2.16. The fourth-order valence-corrected chi connectivity index (χ4v) is 3.18. The van der Waals surface area contributed by atoms with Crippen LogP contribution in [-0.2, 0) is 11.3 Å². The molecule has 0 atom stereocenters. The number of hydrogen-bond donors (Lipinski definition) is 0. The first-order chi connectivity index (χ1) is 13.1. The minimum Gasteiger partial charge on any atom is -0.497 e. The SMILES string of the molecule is CCOC(=O)c1cc(-c2csc(C)n2)ccc1OCc1ccc(OC)cc1. The average molecular weight is 383 g/mol. The van der Waals surface area contributed by atoms with E-state index >= 15 is 0 Å². The van der Waals surface area contributed by atoms with Crippen molar-refractivity contribution in [2.45, 2.75) is 20.5 Å². The molecule has 0 spiro atoms. The Bertz CT molecular complexity index is 918. The molecular weight excluding hydrogens is 362 g/mol. The number of esters is 1. The molecule has 0 saturated carbocycles. The van der Waals surface area contributed by atoms with E-state index in [9.17, 15) is 4.79 Å². The van der Waals surface area contributed by atoms with E-state index in [4.69, 9.17) is 14.2 Å². The van der Waals surface area contributed by atoms with Crippen LogP contribution in [0.25, 0.3) is 11.3 Å². The lowest BCUT2D eigenvalue weighted by Crippen LogP contribution is -2.08. The molecule has 0 unspecified atom stereocenters. The standard InChI is InChI=1S/C21H21NO4S/c1-4-25-21(23)18-11-16(19-13-27-14(2)22-19)7-10-20(18)26-12-15-5-8-17(24-3)9-6-15/h5-11,13H,4,12H2,1-3H3. The summed E-state index contributed by atoms with van der Waals surface area (Å²) in [6, 6.07) is 13.1. The third-order valence-corrected chi connectivity index (χ3v) is 4.72. The number of aryl methyl sites for hydroxylation is 1. The van der Waals surface area contributed by atoms with Crippen LogP contribution >= 0.6 is 11.3 Å². The van der Waals surface area contributed by atoms with Crippen LogP contribution in [0.5, 0.6) is 11.5 Å². The lowest BCUT2D eigenvalue weighted by molar-refractivity contribution is 0.0521. The summed E-state index contributed by atoms with van der Waals surface area (Å²) in [5.41, 5.74) is 3.07. The fraction of sp³-hybridized carbons (Fsp3) is 0.238. The van der Waals surface area contributed by atoms with Crippen LogP contribution in [0.1, 0.15) is 27.9 Å². The second-order valence-corrected chi connectivity index (χ2v) is 6.88. The number of benzene rings is 2. The predicted octanol–water partition coefficient (Wildman–Crippen LogP) is 4.88. The van der Waals surface area contributed by atoms with Gasteiger partial charge >= 0.3 is 5.97 Å².